The van der Waals surface area contributed by atoms with Crippen LogP contribution in [0.25, 0.3) is 17.2 Å². The SMILES string of the molecule is O=C1C(=Cc2cccc(-c3ccc(Cl)c(Cl)c3)c2)SC(=S)N1CCCc1nn[nH]n1. The first-order valence-corrected chi connectivity index (χ1v) is 11.0. The minimum Gasteiger partial charge on any atom is -0.293 e. The van der Waals surface area contributed by atoms with Crippen LogP contribution in [-0.4, -0.2) is 42.3 Å². The van der Waals surface area contributed by atoms with E-state index in [1.807, 2.05) is 42.5 Å². The highest BCUT2D eigenvalue weighted by Crippen LogP contribution is 2.34. The van der Waals surface area contributed by atoms with Gasteiger partial charge in [-0.3, -0.25) is 9.69 Å². The van der Waals surface area contributed by atoms with E-state index in [0.29, 0.717) is 44.5 Å². The molecular formula is C20H15Cl2N5OS2. The third-order valence-corrected chi connectivity index (χ3v) is 6.60. The summed E-state index contributed by atoms with van der Waals surface area (Å²) in [6, 6.07) is 13.4. The largest absolute Gasteiger partial charge is 0.293 e. The number of benzene rings is 2. The Kier molecular flexibility index (Phi) is 6.48. The van der Waals surface area contributed by atoms with Crippen LogP contribution >= 0.6 is 47.2 Å². The highest BCUT2D eigenvalue weighted by atomic mass is 35.5. The lowest BCUT2D eigenvalue weighted by molar-refractivity contribution is -0.122. The smallest absolute Gasteiger partial charge is 0.266 e. The number of aromatic nitrogens is 4. The van der Waals surface area contributed by atoms with Crippen molar-refractivity contribution < 1.29 is 4.79 Å². The summed E-state index contributed by atoms with van der Waals surface area (Å²) >= 11 is 18.9. The van der Waals surface area contributed by atoms with Crippen LogP contribution in [0.3, 0.4) is 0 Å². The number of thiocarbonyl (C=S) groups is 1. The molecule has 2 heterocycles. The predicted octanol–water partition coefficient (Wildman–Crippen LogP) is 5.01. The van der Waals surface area contributed by atoms with Crippen LogP contribution in [0.5, 0.6) is 0 Å². The first-order chi connectivity index (χ1) is 14.5. The summed E-state index contributed by atoms with van der Waals surface area (Å²) in [5.41, 5.74) is 2.84. The molecule has 1 saturated heterocycles. The van der Waals surface area contributed by atoms with E-state index < -0.39 is 0 Å². The lowest BCUT2D eigenvalue weighted by Gasteiger charge is -2.13. The maximum absolute atomic E-state index is 12.8. The molecule has 3 aromatic rings. The van der Waals surface area contributed by atoms with Gasteiger partial charge in [0.1, 0.15) is 4.32 Å². The molecular weight excluding hydrogens is 461 g/mol. The number of halogens is 2. The van der Waals surface area contributed by atoms with Gasteiger partial charge in [-0.25, -0.2) is 0 Å². The van der Waals surface area contributed by atoms with Gasteiger partial charge in [-0.15, -0.1) is 10.2 Å². The van der Waals surface area contributed by atoms with Gasteiger partial charge in [-0.2, -0.15) is 5.21 Å². The zero-order valence-electron chi connectivity index (χ0n) is 15.5. The van der Waals surface area contributed by atoms with E-state index in [2.05, 4.69) is 20.6 Å². The molecule has 1 amide bonds. The number of hydrogen-bond acceptors (Lipinski definition) is 6. The van der Waals surface area contributed by atoms with Gasteiger partial charge in [0, 0.05) is 13.0 Å². The van der Waals surface area contributed by atoms with Gasteiger partial charge in [0.2, 0.25) is 0 Å². The predicted molar refractivity (Wildman–Crippen MR) is 124 cm³/mol. The van der Waals surface area contributed by atoms with Crippen LogP contribution in [0.15, 0.2) is 47.4 Å². The number of carbonyl (C=O) groups is 1. The van der Waals surface area contributed by atoms with Crippen molar-refractivity contribution in [2.24, 2.45) is 0 Å². The fraction of sp³-hybridized carbons (Fsp3) is 0.150. The van der Waals surface area contributed by atoms with E-state index in [1.165, 1.54) is 11.8 Å². The van der Waals surface area contributed by atoms with Crippen LogP contribution in [0.1, 0.15) is 17.8 Å². The first-order valence-electron chi connectivity index (χ1n) is 9.04. The van der Waals surface area contributed by atoms with Crippen LogP contribution in [0, 0.1) is 0 Å². The van der Waals surface area contributed by atoms with Gasteiger partial charge in [-0.05, 0) is 47.4 Å². The van der Waals surface area contributed by atoms with Crippen LogP contribution in [0.2, 0.25) is 10.0 Å². The van der Waals surface area contributed by atoms with Crippen molar-refractivity contribution in [2.45, 2.75) is 12.8 Å². The molecule has 10 heteroatoms. The third kappa shape index (κ3) is 4.73. The second-order valence-corrected chi connectivity index (χ2v) is 9.01. The zero-order valence-corrected chi connectivity index (χ0v) is 18.7. The van der Waals surface area contributed by atoms with Gasteiger partial charge >= 0.3 is 0 Å². The maximum Gasteiger partial charge on any atom is 0.266 e. The van der Waals surface area contributed by atoms with Gasteiger partial charge in [-0.1, -0.05) is 76.7 Å². The van der Waals surface area contributed by atoms with Gasteiger partial charge in [0.15, 0.2) is 5.82 Å². The Morgan fingerprint density at radius 2 is 1.97 bits per heavy atom. The minimum atomic E-state index is -0.0851. The van der Waals surface area contributed by atoms with Crippen molar-refractivity contribution in [2.75, 3.05) is 6.54 Å². The molecule has 1 aliphatic rings. The van der Waals surface area contributed by atoms with Gasteiger partial charge < -0.3 is 0 Å². The summed E-state index contributed by atoms with van der Waals surface area (Å²) in [5.74, 6) is 0.535. The number of carbonyl (C=O) groups excluding carboxylic acids is 1. The van der Waals surface area contributed by atoms with Crippen molar-refractivity contribution in [1.82, 2.24) is 25.5 Å². The lowest BCUT2D eigenvalue weighted by Crippen LogP contribution is -2.29. The fourth-order valence-corrected chi connectivity index (χ4v) is 4.62. The van der Waals surface area contributed by atoms with Crippen LogP contribution in [-0.2, 0) is 11.2 Å². The molecule has 1 aromatic heterocycles. The monoisotopic (exact) mass is 475 g/mol. The van der Waals surface area contributed by atoms with Crippen molar-refractivity contribution in [3.63, 3.8) is 0 Å². The Bertz CT molecular complexity index is 1130. The molecule has 1 N–H and O–H groups in total. The highest BCUT2D eigenvalue weighted by molar-refractivity contribution is 8.26. The zero-order chi connectivity index (χ0) is 21.1. The van der Waals surface area contributed by atoms with Crippen molar-refractivity contribution >= 4 is 63.5 Å². The van der Waals surface area contributed by atoms with Crippen molar-refractivity contribution in [3.8, 4) is 11.1 Å². The molecule has 0 bridgehead atoms. The molecule has 30 heavy (non-hydrogen) atoms. The minimum absolute atomic E-state index is 0.0851. The Hall–Kier alpha value is -2.26. The number of rotatable bonds is 6. The van der Waals surface area contributed by atoms with E-state index in [1.54, 1.807) is 11.0 Å². The molecule has 0 radical (unpaired) electrons. The van der Waals surface area contributed by atoms with E-state index >= 15 is 0 Å². The number of H-pyrrole nitrogens is 1. The molecule has 2 aromatic carbocycles. The Balaban J connectivity index is 1.48. The van der Waals surface area contributed by atoms with Crippen molar-refractivity contribution in [1.29, 1.82) is 0 Å². The average Bonchev–Trinajstić information content (AvgIpc) is 3.34. The summed E-state index contributed by atoms with van der Waals surface area (Å²) < 4.78 is 0.556. The molecule has 0 spiro atoms. The Labute approximate surface area is 192 Å². The number of thioether (sulfide) groups is 1. The molecule has 152 valence electrons. The molecule has 0 saturated carbocycles. The quantitative estimate of drug-likeness (QED) is 0.398. The highest BCUT2D eigenvalue weighted by Gasteiger charge is 2.31. The number of aromatic amines is 1. The number of nitrogens with zero attached hydrogens (tertiary/aromatic N) is 4. The summed E-state index contributed by atoms with van der Waals surface area (Å²) in [5, 5.41) is 14.8. The average molecular weight is 476 g/mol. The van der Waals surface area contributed by atoms with E-state index in [9.17, 15) is 4.79 Å². The lowest BCUT2D eigenvalue weighted by atomic mass is 10.0. The molecule has 1 fully saturated rings. The molecule has 0 atom stereocenters. The van der Waals surface area contributed by atoms with E-state index in [4.69, 9.17) is 35.4 Å². The number of nitrogens with one attached hydrogen (secondary N) is 1. The third-order valence-electron chi connectivity index (χ3n) is 4.48. The second kappa shape index (κ2) is 9.26. The number of amides is 1. The summed E-state index contributed by atoms with van der Waals surface area (Å²) in [6.45, 7) is 0.514. The van der Waals surface area contributed by atoms with Crippen LogP contribution in [0.4, 0.5) is 0 Å². The second-order valence-electron chi connectivity index (χ2n) is 6.52. The number of tetrazole rings is 1. The Morgan fingerprint density at radius 1 is 1.13 bits per heavy atom. The molecule has 0 unspecified atom stereocenters. The normalized spacial score (nSPS) is 15.4. The molecule has 0 aliphatic carbocycles. The number of hydrogen-bond donors (Lipinski definition) is 1. The maximum atomic E-state index is 12.8. The van der Waals surface area contributed by atoms with Crippen LogP contribution < -0.4 is 0 Å². The Morgan fingerprint density at radius 3 is 2.73 bits per heavy atom. The standard InChI is InChI=1S/C20H15Cl2N5OS2/c21-15-7-6-14(11-16(15)22)13-4-1-3-12(9-13)10-17-19(28)27(20(29)30-17)8-2-5-18-23-25-26-24-18/h1,3-4,6-7,9-11H,2,5,8H2,(H,23,24,25,26). The van der Waals surface area contributed by atoms with Crippen molar-refractivity contribution in [3.05, 3.63) is 68.8 Å². The van der Waals surface area contributed by atoms with Gasteiger partial charge in [0.25, 0.3) is 5.91 Å². The van der Waals surface area contributed by atoms with Gasteiger partial charge in [0.05, 0.1) is 15.0 Å². The summed E-state index contributed by atoms with van der Waals surface area (Å²) in [6.07, 6.45) is 3.18. The summed E-state index contributed by atoms with van der Waals surface area (Å²) in [4.78, 5) is 15.0. The molecule has 1 aliphatic heterocycles. The number of aryl methyl sites for hydroxylation is 1. The molecule has 4 rings (SSSR count). The summed E-state index contributed by atoms with van der Waals surface area (Å²) in [7, 11) is 0. The molecule has 6 nitrogen and oxygen atoms in total. The first kappa shape index (κ1) is 21.0. The topological polar surface area (TPSA) is 74.8 Å². The fourth-order valence-electron chi connectivity index (χ4n) is 3.01. The van der Waals surface area contributed by atoms with E-state index in [0.717, 1.165) is 16.7 Å². The van der Waals surface area contributed by atoms with E-state index in [-0.39, 0.29) is 5.91 Å².